The maximum atomic E-state index is 12.3. The fourth-order valence-electron chi connectivity index (χ4n) is 3.49. The van der Waals surface area contributed by atoms with Crippen LogP contribution in [0.1, 0.15) is 16.7 Å². The highest BCUT2D eigenvalue weighted by Gasteiger charge is 2.18. The van der Waals surface area contributed by atoms with Crippen molar-refractivity contribution in [3.63, 3.8) is 0 Å². The number of nitrogens with zero attached hydrogens (tertiary/aromatic N) is 1. The first-order valence-electron chi connectivity index (χ1n) is 8.92. The third-order valence-electron chi connectivity index (χ3n) is 4.97. The van der Waals surface area contributed by atoms with Gasteiger partial charge in [0.2, 0.25) is 10.0 Å². The summed E-state index contributed by atoms with van der Waals surface area (Å²) in [4.78, 5) is 0.316. The first kappa shape index (κ1) is 17.8. The van der Waals surface area contributed by atoms with Crippen LogP contribution in [0.2, 0.25) is 0 Å². The first-order valence-corrected chi connectivity index (χ1v) is 10.4. The Hall–Kier alpha value is -2.63. The summed E-state index contributed by atoms with van der Waals surface area (Å²) in [6.45, 7) is 0.572. The van der Waals surface area contributed by atoms with Crippen LogP contribution in [0.4, 0.5) is 5.69 Å². The van der Waals surface area contributed by atoms with Crippen molar-refractivity contribution in [2.45, 2.75) is 17.9 Å². The monoisotopic (exact) mass is 378 g/mol. The molecule has 1 aliphatic rings. The van der Waals surface area contributed by atoms with Crippen molar-refractivity contribution in [3.8, 4) is 11.1 Å². The van der Waals surface area contributed by atoms with Crippen LogP contribution in [0.15, 0.2) is 71.6 Å². The van der Waals surface area contributed by atoms with Gasteiger partial charge in [-0.15, -0.1) is 0 Å². The third-order valence-corrected chi connectivity index (χ3v) is 6.78. The second-order valence-electron chi connectivity index (χ2n) is 6.99. The van der Waals surface area contributed by atoms with E-state index in [1.54, 1.807) is 32.3 Å². The molecule has 1 N–H and O–H groups in total. The molecule has 0 unspecified atom stereocenters. The smallest absolute Gasteiger partial charge is 0.242 e. The molecule has 0 amide bonds. The van der Waals surface area contributed by atoms with Crippen molar-refractivity contribution >= 4 is 15.7 Å². The summed E-state index contributed by atoms with van der Waals surface area (Å²) < 4.78 is 25.8. The van der Waals surface area contributed by atoms with Gasteiger partial charge in [-0.1, -0.05) is 42.5 Å². The molecule has 0 aliphatic heterocycles. The van der Waals surface area contributed by atoms with E-state index in [0.717, 1.165) is 17.7 Å². The molecular formula is C22H22N2O2S. The maximum absolute atomic E-state index is 12.3. The first-order chi connectivity index (χ1) is 12.9. The van der Waals surface area contributed by atoms with Gasteiger partial charge in [0.15, 0.2) is 0 Å². The number of benzene rings is 3. The zero-order valence-corrected chi connectivity index (χ0v) is 16.3. The van der Waals surface area contributed by atoms with Gasteiger partial charge in [-0.25, -0.2) is 12.7 Å². The Kier molecular flexibility index (Phi) is 4.50. The Morgan fingerprint density at radius 2 is 1.67 bits per heavy atom. The van der Waals surface area contributed by atoms with Crippen LogP contribution < -0.4 is 5.32 Å². The Morgan fingerprint density at radius 3 is 2.48 bits per heavy atom. The summed E-state index contributed by atoms with van der Waals surface area (Å²) in [6, 6.07) is 22.0. The Labute approximate surface area is 160 Å². The van der Waals surface area contributed by atoms with Gasteiger partial charge in [0.1, 0.15) is 0 Å². The number of sulfonamides is 1. The summed E-state index contributed by atoms with van der Waals surface area (Å²) in [5.41, 5.74) is 7.29. The summed E-state index contributed by atoms with van der Waals surface area (Å²) in [5, 5.41) is 3.42. The van der Waals surface area contributed by atoms with Crippen LogP contribution in [0.3, 0.4) is 0 Å². The fourth-order valence-corrected chi connectivity index (χ4v) is 4.46. The molecule has 0 fully saturated rings. The topological polar surface area (TPSA) is 49.4 Å². The molecule has 0 spiro atoms. The maximum Gasteiger partial charge on any atom is 0.242 e. The number of anilines is 1. The fraction of sp³-hybridized carbons (Fsp3) is 0.182. The van der Waals surface area contributed by atoms with Crippen molar-refractivity contribution in [1.29, 1.82) is 0 Å². The highest BCUT2D eigenvalue weighted by molar-refractivity contribution is 7.89. The lowest BCUT2D eigenvalue weighted by Crippen LogP contribution is -2.22. The van der Waals surface area contributed by atoms with E-state index in [2.05, 4.69) is 47.8 Å². The second kappa shape index (κ2) is 6.83. The number of hydrogen-bond acceptors (Lipinski definition) is 3. The minimum Gasteiger partial charge on any atom is -0.381 e. The molecule has 0 heterocycles. The SMILES string of the molecule is CN(C)S(=O)(=O)c1cccc(CNc2ccc3c(c2)Cc2ccccc2-3)c1. The Balaban J connectivity index is 1.52. The van der Waals surface area contributed by atoms with Gasteiger partial charge >= 0.3 is 0 Å². The van der Waals surface area contributed by atoms with E-state index in [1.807, 2.05) is 6.07 Å². The van der Waals surface area contributed by atoms with Crippen LogP contribution in [-0.2, 0) is 23.0 Å². The molecule has 0 atom stereocenters. The molecular weight excluding hydrogens is 356 g/mol. The standard InChI is InChI=1S/C22H22N2O2S/c1-24(2)27(25,26)20-8-5-6-16(12-20)15-23-19-10-11-22-18(14-19)13-17-7-3-4-9-21(17)22/h3-12,14,23H,13,15H2,1-2H3. The highest BCUT2D eigenvalue weighted by atomic mass is 32.2. The van der Waals surface area contributed by atoms with E-state index >= 15 is 0 Å². The Morgan fingerprint density at radius 1 is 0.889 bits per heavy atom. The predicted molar refractivity (Wildman–Crippen MR) is 109 cm³/mol. The van der Waals surface area contributed by atoms with Crippen molar-refractivity contribution in [1.82, 2.24) is 4.31 Å². The lowest BCUT2D eigenvalue weighted by Gasteiger charge is -2.13. The van der Waals surface area contributed by atoms with E-state index in [4.69, 9.17) is 0 Å². The molecule has 3 aromatic carbocycles. The Bertz CT molecular complexity index is 1100. The molecule has 0 radical (unpaired) electrons. The molecule has 4 rings (SSSR count). The van der Waals surface area contributed by atoms with Gasteiger partial charge in [0, 0.05) is 26.3 Å². The van der Waals surface area contributed by atoms with Gasteiger partial charge in [0.05, 0.1) is 4.90 Å². The zero-order valence-electron chi connectivity index (χ0n) is 15.4. The molecule has 0 bridgehead atoms. The quantitative estimate of drug-likeness (QED) is 0.568. The summed E-state index contributed by atoms with van der Waals surface area (Å²) in [6.07, 6.45) is 0.956. The van der Waals surface area contributed by atoms with Gasteiger partial charge in [-0.2, -0.15) is 0 Å². The van der Waals surface area contributed by atoms with E-state index in [9.17, 15) is 8.42 Å². The van der Waals surface area contributed by atoms with Gasteiger partial charge in [-0.05, 0) is 58.5 Å². The molecule has 0 saturated heterocycles. The number of hydrogen-bond donors (Lipinski definition) is 1. The van der Waals surface area contributed by atoms with Crippen molar-refractivity contribution in [2.24, 2.45) is 0 Å². The molecule has 0 saturated carbocycles. The van der Waals surface area contributed by atoms with Gasteiger partial charge in [-0.3, -0.25) is 0 Å². The molecule has 27 heavy (non-hydrogen) atoms. The second-order valence-corrected chi connectivity index (χ2v) is 9.15. The van der Waals surface area contributed by atoms with Crippen LogP contribution in [0.25, 0.3) is 11.1 Å². The average molecular weight is 378 g/mol. The van der Waals surface area contributed by atoms with E-state index in [0.29, 0.717) is 11.4 Å². The summed E-state index contributed by atoms with van der Waals surface area (Å²) in [5.74, 6) is 0. The van der Waals surface area contributed by atoms with Gasteiger partial charge in [0.25, 0.3) is 0 Å². The van der Waals surface area contributed by atoms with E-state index in [-0.39, 0.29) is 0 Å². The summed E-state index contributed by atoms with van der Waals surface area (Å²) in [7, 11) is -0.327. The minimum atomic E-state index is -3.42. The van der Waals surface area contributed by atoms with Crippen molar-refractivity contribution < 1.29 is 8.42 Å². The molecule has 138 valence electrons. The predicted octanol–water partition coefficient (Wildman–Crippen LogP) is 4.12. The van der Waals surface area contributed by atoms with Crippen molar-refractivity contribution in [3.05, 3.63) is 83.4 Å². The lowest BCUT2D eigenvalue weighted by molar-refractivity contribution is 0.520. The van der Waals surface area contributed by atoms with E-state index < -0.39 is 10.0 Å². The normalized spacial score (nSPS) is 12.7. The molecule has 4 nitrogen and oxygen atoms in total. The molecule has 1 aliphatic carbocycles. The van der Waals surface area contributed by atoms with Crippen LogP contribution >= 0.6 is 0 Å². The number of fused-ring (bicyclic) bond motifs is 3. The summed E-state index contributed by atoms with van der Waals surface area (Å²) >= 11 is 0. The molecule has 0 aromatic heterocycles. The zero-order chi connectivity index (χ0) is 19.0. The lowest BCUT2D eigenvalue weighted by atomic mass is 10.1. The average Bonchev–Trinajstić information content (AvgIpc) is 3.04. The number of nitrogens with one attached hydrogen (secondary N) is 1. The van der Waals surface area contributed by atoms with Gasteiger partial charge < -0.3 is 5.32 Å². The highest BCUT2D eigenvalue weighted by Crippen LogP contribution is 2.37. The molecule has 5 heteroatoms. The van der Waals surface area contributed by atoms with Crippen LogP contribution in [0.5, 0.6) is 0 Å². The third kappa shape index (κ3) is 3.36. The minimum absolute atomic E-state index is 0.316. The van der Waals surface area contributed by atoms with Crippen molar-refractivity contribution in [2.75, 3.05) is 19.4 Å². The van der Waals surface area contributed by atoms with Crippen LogP contribution in [0, 0.1) is 0 Å². The largest absolute Gasteiger partial charge is 0.381 e. The van der Waals surface area contributed by atoms with E-state index in [1.165, 1.54) is 26.6 Å². The van der Waals surface area contributed by atoms with Crippen LogP contribution in [-0.4, -0.2) is 26.8 Å². The molecule has 3 aromatic rings. The number of rotatable bonds is 5.